The normalized spacial score (nSPS) is 29.0. The first-order valence-electron chi connectivity index (χ1n) is 20.1. The second kappa shape index (κ2) is 20.4. The van der Waals surface area contributed by atoms with E-state index in [4.69, 9.17) is 9.47 Å². The van der Waals surface area contributed by atoms with Gasteiger partial charge in [0, 0.05) is 62.8 Å². The molecule has 5 unspecified atom stereocenters. The zero-order valence-electron chi connectivity index (χ0n) is 35.6. The van der Waals surface area contributed by atoms with Gasteiger partial charge in [-0.1, -0.05) is 0 Å². The van der Waals surface area contributed by atoms with Crippen LogP contribution in [0.5, 0.6) is 0 Å². The van der Waals surface area contributed by atoms with Crippen LogP contribution in [0.15, 0.2) is 0 Å². The lowest BCUT2D eigenvalue weighted by Crippen LogP contribution is -2.43. The van der Waals surface area contributed by atoms with Gasteiger partial charge >= 0.3 is 12.2 Å². The fraction of sp³-hybridized carbons (Fsp3) is 0.919. The van der Waals surface area contributed by atoms with Gasteiger partial charge in [0.05, 0.1) is 41.1 Å². The van der Waals surface area contributed by atoms with E-state index in [1.807, 2.05) is 48.6 Å². The van der Waals surface area contributed by atoms with Crippen molar-refractivity contribution in [2.45, 2.75) is 121 Å². The van der Waals surface area contributed by atoms with E-state index in [2.05, 4.69) is 27.5 Å². The third-order valence-corrected chi connectivity index (χ3v) is 16.2. The number of nitrogens with zero attached hydrogens (tertiary/aromatic N) is 4. The third kappa shape index (κ3) is 17.2. The highest BCUT2D eigenvalue weighted by Gasteiger charge is 2.38. The summed E-state index contributed by atoms with van der Waals surface area (Å²) in [5, 5.41) is 6.25. The quantitative estimate of drug-likeness (QED) is 0.398. The number of rotatable bonds is 5. The molecule has 0 saturated carbocycles. The number of carbonyl (C=O) groups is 3. The molecular weight excluding hydrogens is 801 g/mol. The molecular formula is C37H70N6O11S3. The first-order valence-corrected chi connectivity index (χ1v) is 25.5. The standard InChI is InChI=1S/C14H26N2O4S.C9H18N2O2S.C9H15NO3.C5H11NO2S/c1-14(2,3)20-13(17)16-7-5-11(9-16)15(4)12-6-8-21(18,19)10-12;1-11(8-2-4-10-6-8)9-3-5-14(12,13)7-9;1-9(2,3)13-8(12)10-5-4-7(11)6-10;1-6-5-2-3-9(7,8)4-5/h11-12H,5-10H2,1-4H3;8-10H,2-7H2,1H3;4-6H2,1-3H3;5-6H,2-4H2,1H3. The van der Waals surface area contributed by atoms with Gasteiger partial charge in [-0.15, -0.1) is 0 Å². The minimum Gasteiger partial charge on any atom is -0.444 e. The molecule has 6 aliphatic rings. The van der Waals surface area contributed by atoms with Gasteiger partial charge in [0.2, 0.25) is 0 Å². The van der Waals surface area contributed by atoms with Gasteiger partial charge in [-0.05, 0) is 101 Å². The lowest BCUT2D eigenvalue weighted by atomic mass is 10.1. The van der Waals surface area contributed by atoms with Crippen molar-refractivity contribution in [2.24, 2.45) is 0 Å². The van der Waals surface area contributed by atoms with Crippen LogP contribution < -0.4 is 10.6 Å². The highest BCUT2D eigenvalue weighted by molar-refractivity contribution is 7.92. The molecule has 5 atom stereocenters. The summed E-state index contributed by atoms with van der Waals surface area (Å²) in [7, 11) is -2.45. The SMILES string of the molecule is CC(C)(C)OC(=O)N1CCC(=O)C1.CN(C1CCN(C(=O)OC(C)(C)C)C1)C1CCS(=O)(=O)C1.CN(C1CCNC1)C1CCS(=O)(=O)C1.CNC1CCS(=O)(=O)C1. The molecule has 6 rings (SSSR count). The Morgan fingerprint density at radius 3 is 1.54 bits per heavy atom. The molecule has 6 saturated heterocycles. The number of ketones is 1. The van der Waals surface area contributed by atoms with Crippen molar-refractivity contribution in [2.75, 3.05) is 94.9 Å². The summed E-state index contributed by atoms with van der Waals surface area (Å²) in [6, 6.07) is 1.29. The summed E-state index contributed by atoms with van der Waals surface area (Å²) in [5.74, 6) is 2.05. The molecule has 57 heavy (non-hydrogen) atoms. The van der Waals surface area contributed by atoms with Gasteiger partial charge in [-0.25, -0.2) is 34.8 Å². The first-order chi connectivity index (χ1) is 26.2. The van der Waals surface area contributed by atoms with E-state index >= 15 is 0 Å². The molecule has 17 nitrogen and oxygen atoms in total. The highest BCUT2D eigenvalue weighted by Crippen LogP contribution is 2.25. The van der Waals surface area contributed by atoms with Crippen LogP contribution in [0.3, 0.4) is 0 Å². The monoisotopic (exact) mass is 870 g/mol. The van der Waals surface area contributed by atoms with Crippen molar-refractivity contribution in [1.82, 2.24) is 30.2 Å². The zero-order chi connectivity index (χ0) is 43.0. The Balaban J connectivity index is 0.000000213. The Morgan fingerprint density at radius 1 is 0.684 bits per heavy atom. The Morgan fingerprint density at radius 2 is 1.18 bits per heavy atom. The average Bonchev–Trinajstić information content (AvgIpc) is 3.93. The summed E-state index contributed by atoms with van der Waals surface area (Å²) < 4.78 is 77.8. The van der Waals surface area contributed by atoms with E-state index in [1.165, 1.54) is 4.90 Å². The van der Waals surface area contributed by atoms with Crippen LogP contribution in [0.25, 0.3) is 0 Å². The van der Waals surface area contributed by atoms with Crippen LogP contribution >= 0.6 is 0 Å². The summed E-state index contributed by atoms with van der Waals surface area (Å²) in [6.45, 7) is 15.0. The van der Waals surface area contributed by atoms with Gasteiger partial charge in [0.15, 0.2) is 35.3 Å². The molecule has 332 valence electrons. The van der Waals surface area contributed by atoms with Crippen molar-refractivity contribution in [3.63, 3.8) is 0 Å². The largest absolute Gasteiger partial charge is 0.444 e. The Labute approximate surface area is 342 Å². The predicted molar refractivity (Wildman–Crippen MR) is 221 cm³/mol. The molecule has 0 aromatic carbocycles. The molecule has 0 aromatic heterocycles. The second-order valence-electron chi connectivity index (χ2n) is 18.0. The van der Waals surface area contributed by atoms with Crippen LogP contribution in [0.1, 0.15) is 80.1 Å². The van der Waals surface area contributed by atoms with E-state index in [1.54, 1.807) is 11.9 Å². The van der Waals surface area contributed by atoms with Gasteiger partial charge in [0.1, 0.15) is 11.2 Å². The van der Waals surface area contributed by atoms with E-state index < -0.39 is 46.8 Å². The molecule has 6 fully saturated rings. The number of sulfone groups is 3. The van der Waals surface area contributed by atoms with Crippen LogP contribution in [0, 0.1) is 0 Å². The second-order valence-corrected chi connectivity index (χ2v) is 24.7. The van der Waals surface area contributed by atoms with E-state index in [-0.39, 0.29) is 54.1 Å². The number of likely N-dealkylation sites (N-methyl/N-ethyl adjacent to an activating group) is 2. The predicted octanol–water partition coefficient (Wildman–Crippen LogP) is 1.17. The number of nitrogens with one attached hydrogen (secondary N) is 2. The number of ether oxygens (including phenoxy) is 2. The third-order valence-electron chi connectivity index (χ3n) is 10.9. The lowest BCUT2D eigenvalue weighted by molar-refractivity contribution is -0.117. The highest BCUT2D eigenvalue weighted by atomic mass is 32.2. The molecule has 6 aliphatic heterocycles. The summed E-state index contributed by atoms with van der Waals surface area (Å²) in [6.07, 6.45) is 4.09. The van der Waals surface area contributed by atoms with Gasteiger partial charge in [-0.2, -0.15) is 0 Å². The van der Waals surface area contributed by atoms with Crippen LogP contribution in [-0.2, 0) is 43.8 Å². The van der Waals surface area contributed by atoms with E-state index in [9.17, 15) is 39.6 Å². The van der Waals surface area contributed by atoms with Crippen molar-refractivity contribution >= 4 is 47.5 Å². The first kappa shape index (κ1) is 49.3. The number of likely N-dealkylation sites (tertiary alicyclic amines) is 2. The lowest BCUT2D eigenvalue weighted by Gasteiger charge is -2.30. The summed E-state index contributed by atoms with van der Waals surface area (Å²) in [5.41, 5.74) is -0.969. The van der Waals surface area contributed by atoms with Crippen molar-refractivity contribution < 1.29 is 49.1 Å². The van der Waals surface area contributed by atoms with Crippen molar-refractivity contribution in [3.05, 3.63) is 0 Å². The molecule has 20 heteroatoms. The molecule has 0 aliphatic carbocycles. The molecule has 0 aromatic rings. The Bertz CT molecular complexity index is 1690. The fourth-order valence-electron chi connectivity index (χ4n) is 7.48. The van der Waals surface area contributed by atoms with Crippen molar-refractivity contribution in [1.29, 1.82) is 0 Å². The minimum atomic E-state index is -2.87. The molecule has 0 bridgehead atoms. The number of amides is 2. The maximum absolute atomic E-state index is 12.0. The van der Waals surface area contributed by atoms with Crippen molar-refractivity contribution in [3.8, 4) is 0 Å². The van der Waals surface area contributed by atoms with E-state index in [0.717, 1.165) is 38.8 Å². The Kier molecular flexibility index (Phi) is 17.7. The number of hydrogen-bond donors (Lipinski definition) is 2. The smallest absolute Gasteiger partial charge is 0.410 e. The van der Waals surface area contributed by atoms with Gasteiger partial charge < -0.3 is 29.9 Å². The maximum Gasteiger partial charge on any atom is 0.410 e. The summed E-state index contributed by atoms with van der Waals surface area (Å²) >= 11 is 0. The topological polar surface area (TPSA) is 209 Å². The number of carbonyl (C=O) groups excluding carboxylic acids is 3. The van der Waals surface area contributed by atoms with Gasteiger partial charge in [0.25, 0.3) is 0 Å². The molecule has 2 N–H and O–H groups in total. The zero-order valence-corrected chi connectivity index (χ0v) is 38.1. The average molecular weight is 871 g/mol. The Hall–Kier alpha value is -2.10. The van der Waals surface area contributed by atoms with Crippen LogP contribution in [-0.4, -0.2) is 199 Å². The number of Topliss-reactive ketones (excluding diaryl/α,β-unsaturated/α-hetero) is 1. The van der Waals surface area contributed by atoms with Gasteiger partial charge in [-0.3, -0.25) is 14.6 Å². The van der Waals surface area contributed by atoms with E-state index in [0.29, 0.717) is 61.5 Å². The number of hydrogen-bond acceptors (Lipinski definition) is 15. The molecule has 6 heterocycles. The van der Waals surface area contributed by atoms with Crippen LogP contribution in [0.4, 0.5) is 9.59 Å². The summed E-state index contributed by atoms with van der Waals surface area (Å²) in [4.78, 5) is 41.8. The maximum atomic E-state index is 12.0. The van der Waals surface area contributed by atoms with Crippen LogP contribution in [0.2, 0.25) is 0 Å². The molecule has 0 spiro atoms. The molecule has 0 radical (unpaired) electrons. The minimum absolute atomic E-state index is 0.0820. The molecule has 2 amide bonds. The fourth-order valence-corrected chi connectivity index (χ4v) is 12.8.